The molecule has 28 heavy (non-hydrogen) atoms. The first-order valence-corrected chi connectivity index (χ1v) is 8.78. The van der Waals surface area contributed by atoms with Crippen LogP contribution in [-0.2, 0) is 4.74 Å². The second-order valence-corrected chi connectivity index (χ2v) is 6.08. The lowest BCUT2D eigenvalue weighted by atomic mass is 10.2. The highest BCUT2D eigenvalue weighted by Gasteiger charge is 2.17. The lowest BCUT2D eigenvalue weighted by Gasteiger charge is -2.27. The number of pyridine rings is 1. The summed E-state index contributed by atoms with van der Waals surface area (Å²) in [6.07, 6.45) is 4.97. The number of nitrogens with one attached hydrogen (secondary N) is 1. The Kier molecular flexibility index (Phi) is 5.11. The van der Waals surface area contributed by atoms with Crippen LogP contribution in [0.3, 0.4) is 0 Å². The highest BCUT2D eigenvalue weighted by atomic mass is 16.5. The fraction of sp³-hybridized carbons (Fsp3) is 0.278. The van der Waals surface area contributed by atoms with Gasteiger partial charge >= 0.3 is 0 Å². The smallest absolute Gasteiger partial charge is 0.228 e. The molecule has 0 atom stereocenters. The number of anilines is 4. The van der Waals surface area contributed by atoms with Gasteiger partial charge in [0.1, 0.15) is 5.82 Å². The van der Waals surface area contributed by atoms with E-state index in [1.54, 1.807) is 31.8 Å². The van der Waals surface area contributed by atoms with Gasteiger partial charge in [-0.2, -0.15) is 4.98 Å². The summed E-state index contributed by atoms with van der Waals surface area (Å²) in [6, 6.07) is 5.48. The number of hydrogen-bond donors (Lipinski definition) is 2. The first-order chi connectivity index (χ1) is 13.7. The molecule has 4 rings (SSSR count). The van der Waals surface area contributed by atoms with Crippen molar-refractivity contribution in [1.82, 2.24) is 24.9 Å². The number of methoxy groups -OCH3 is 1. The zero-order valence-electron chi connectivity index (χ0n) is 15.4. The molecule has 1 aliphatic rings. The normalized spacial score (nSPS) is 14.0. The van der Waals surface area contributed by atoms with Crippen molar-refractivity contribution >= 4 is 23.4 Å². The third kappa shape index (κ3) is 4.07. The van der Waals surface area contributed by atoms with Gasteiger partial charge in [0.15, 0.2) is 0 Å². The van der Waals surface area contributed by atoms with Crippen LogP contribution in [0.15, 0.2) is 36.8 Å². The van der Waals surface area contributed by atoms with Crippen LogP contribution in [0.1, 0.15) is 0 Å². The van der Waals surface area contributed by atoms with E-state index >= 15 is 0 Å². The number of nitrogen functional groups attached to an aromatic ring is 1. The third-order valence-electron chi connectivity index (χ3n) is 4.19. The molecule has 0 radical (unpaired) electrons. The van der Waals surface area contributed by atoms with E-state index in [1.807, 2.05) is 12.1 Å². The summed E-state index contributed by atoms with van der Waals surface area (Å²) in [6.45, 7) is 2.74. The monoisotopic (exact) mass is 380 g/mol. The maximum absolute atomic E-state index is 5.60. The molecule has 10 heteroatoms. The third-order valence-corrected chi connectivity index (χ3v) is 4.19. The van der Waals surface area contributed by atoms with Crippen molar-refractivity contribution in [2.45, 2.75) is 0 Å². The molecule has 144 valence electrons. The maximum Gasteiger partial charge on any atom is 0.228 e. The van der Waals surface area contributed by atoms with Crippen LogP contribution in [0.4, 0.5) is 23.4 Å². The van der Waals surface area contributed by atoms with E-state index < -0.39 is 0 Å². The molecule has 10 nitrogen and oxygen atoms in total. The number of nitrogens with zero attached hydrogens (tertiary/aromatic N) is 6. The second-order valence-electron chi connectivity index (χ2n) is 6.08. The van der Waals surface area contributed by atoms with E-state index in [0.717, 1.165) is 24.3 Å². The van der Waals surface area contributed by atoms with Crippen molar-refractivity contribution < 1.29 is 9.47 Å². The minimum Gasteiger partial charge on any atom is -0.481 e. The van der Waals surface area contributed by atoms with E-state index in [0.29, 0.717) is 36.6 Å². The van der Waals surface area contributed by atoms with E-state index in [2.05, 4.69) is 35.1 Å². The Bertz CT molecular complexity index is 927. The number of rotatable bonds is 5. The van der Waals surface area contributed by atoms with Crippen molar-refractivity contribution in [3.63, 3.8) is 0 Å². The standard InChI is InChI=1S/C18H20N8O2/c1-27-16-3-2-13(11-20-16)23-15-8-14(12-9-21-17(19)22-10-12)24-18(25-15)26-4-6-28-7-5-26/h2-3,8-11H,4-7H2,1H3,(H2,19,21,22)(H,23,24,25). The van der Waals surface area contributed by atoms with Gasteiger partial charge in [0.2, 0.25) is 17.8 Å². The van der Waals surface area contributed by atoms with Crippen molar-refractivity contribution in [1.29, 1.82) is 0 Å². The zero-order valence-corrected chi connectivity index (χ0v) is 15.4. The fourth-order valence-corrected chi connectivity index (χ4v) is 2.74. The summed E-state index contributed by atoms with van der Waals surface area (Å²) in [5, 5.41) is 3.26. The molecule has 0 saturated carbocycles. The molecule has 0 spiro atoms. The van der Waals surface area contributed by atoms with E-state index in [4.69, 9.17) is 15.2 Å². The average molecular weight is 380 g/mol. The van der Waals surface area contributed by atoms with E-state index in [1.165, 1.54) is 0 Å². The minimum absolute atomic E-state index is 0.217. The predicted octanol–water partition coefficient (Wildman–Crippen LogP) is 1.50. The van der Waals surface area contributed by atoms with Crippen molar-refractivity contribution in [2.75, 3.05) is 49.4 Å². The first-order valence-electron chi connectivity index (χ1n) is 8.78. The van der Waals surface area contributed by atoms with Crippen LogP contribution in [0, 0.1) is 0 Å². The summed E-state index contributed by atoms with van der Waals surface area (Å²) in [7, 11) is 1.58. The van der Waals surface area contributed by atoms with Crippen LogP contribution in [-0.4, -0.2) is 58.3 Å². The van der Waals surface area contributed by atoms with Crippen molar-refractivity contribution in [3.05, 3.63) is 36.8 Å². The quantitative estimate of drug-likeness (QED) is 0.673. The highest BCUT2D eigenvalue weighted by molar-refractivity contribution is 5.66. The number of hydrogen-bond acceptors (Lipinski definition) is 10. The number of ether oxygens (including phenoxy) is 2. The van der Waals surface area contributed by atoms with Gasteiger partial charge in [-0.25, -0.2) is 19.9 Å². The lowest BCUT2D eigenvalue weighted by molar-refractivity contribution is 0.122. The van der Waals surface area contributed by atoms with Gasteiger partial charge in [-0.05, 0) is 6.07 Å². The Morgan fingerprint density at radius 3 is 2.54 bits per heavy atom. The Balaban J connectivity index is 1.68. The van der Waals surface area contributed by atoms with Gasteiger partial charge < -0.3 is 25.4 Å². The summed E-state index contributed by atoms with van der Waals surface area (Å²) in [4.78, 5) is 23.8. The summed E-state index contributed by atoms with van der Waals surface area (Å²) in [5.41, 5.74) is 7.83. The topological polar surface area (TPSA) is 124 Å². The fourth-order valence-electron chi connectivity index (χ4n) is 2.74. The summed E-state index contributed by atoms with van der Waals surface area (Å²) >= 11 is 0. The lowest BCUT2D eigenvalue weighted by Crippen LogP contribution is -2.37. The van der Waals surface area contributed by atoms with Gasteiger partial charge in [-0.3, -0.25) is 0 Å². The van der Waals surface area contributed by atoms with Gasteiger partial charge in [0, 0.05) is 43.2 Å². The Morgan fingerprint density at radius 2 is 1.86 bits per heavy atom. The molecule has 0 bridgehead atoms. The largest absolute Gasteiger partial charge is 0.481 e. The molecule has 1 aliphatic heterocycles. The van der Waals surface area contributed by atoms with Gasteiger partial charge in [0.05, 0.1) is 37.9 Å². The van der Waals surface area contributed by atoms with Crippen LogP contribution in [0.5, 0.6) is 5.88 Å². The van der Waals surface area contributed by atoms with Crippen LogP contribution in [0.25, 0.3) is 11.3 Å². The Hall–Kier alpha value is -3.53. The molecule has 0 amide bonds. The molecule has 1 fully saturated rings. The molecule has 4 heterocycles. The second kappa shape index (κ2) is 8.01. The summed E-state index contributed by atoms with van der Waals surface area (Å²) in [5.74, 6) is 2.01. The zero-order chi connectivity index (χ0) is 19.3. The molecule has 3 N–H and O–H groups in total. The minimum atomic E-state index is 0.217. The molecule has 1 saturated heterocycles. The molecule has 3 aromatic rings. The maximum atomic E-state index is 5.60. The van der Waals surface area contributed by atoms with Crippen LogP contribution < -0.4 is 20.7 Å². The number of morpholine rings is 1. The predicted molar refractivity (Wildman–Crippen MR) is 105 cm³/mol. The van der Waals surface area contributed by atoms with Gasteiger partial charge in [-0.15, -0.1) is 0 Å². The highest BCUT2D eigenvalue weighted by Crippen LogP contribution is 2.25. The van der Waals surface area contributed by atoms with Crippen molar-refractivity contribution in [2.24, 2.45) is 0 Å². The van der Waals surface area contributed by atoms with Crippen LogP contribution in [0.2, 0.25) is 0 Å². The van der Waals surface area contributed by atoms with Gasteiger partial charge in [-0.1, -0.05) is 0 Å². The number of nitrogens with two attached hydrogens (primary N) is 1. The van der Waals surface area contributed by atoms with Crippen molar-refractivity contribution in [3.8, 4) is 17.1 Å². The van der Waals surface area contributed by atoms with Gasteiger partial charge in [0.25, 0.3) is 0 Å². The Labute approximate surface area is 161 Å². The van der Waals surface area contributed by atoms with E-state index in [-0.39, 0.29) is 5.95 Å². The average Bonchev–Trinajstić information content (AvgIpc) is 2.75. The molecule has 3 aromatic heterocycles. The SMILES string of the molecule is COc1ccc(Nc2cc(-c3cnc(N)nc3)nc(N3CCOCC3)n2)cn1. The Morgan fingerprint density at radius 1 is 1.07 bits per heavy atom. The molecular formula is C18H20N8O2. The summed E-state index contributed by atoms with van der Waals surface area (Å²) < 4.78 is 10.5. The van der Waals surface area contributed by atoms with E-state index in [9.17, 15) is 0 Å². The molecule has 0 aromatic carbocycles. The molecule has 0 unspecified atom stereocenters. The van der Waals surface area contributed by atoms with Crippen LogP contribution >= 0.6 is 0 Å². The molecule has 0 aliphatic carbocycles. The number of aromatic nitrogens is 5. The molecular weight excluding hydrogens is 360 g/mol. The first kappa shape index (κ1) is 17.9.